The van der Waals surface area contributed by atoms with Crippen LogP contribution in [0.3, 0.4) is 0 Å². The van der Waals surface area contributed by atoms with Crippen LogP contribution in [0.2, 0.25) is 0 Å². The van der Waals surface area contributed by atoms with Gasteiger partial charge in [-0.25, -0.2) is 9.59 Å². The summed E-state index contributed by atoms with van der Waals surface area (Å²) in [7, 11) is 0. The van der Waals surface area contributed by atoms with Gasteiger partial charge in [0, 0.05) is 13.1 Å². The molecule has 1 atom stereocenters. The highest BCUT2D eigenvalue weighted by Gasteiger charge is 2.24. The summed E-state index contributed by atoms with van der Waals surface area (Å²) in [5.74, 6) is -2.61. The highest BCUT2D eigenvalue weighted by atomic mass is 16.4. The normalized spacial score (nSPS) is 11.7. The number of nitrogens with one attached hydrogen (secondary N) is 1. The Labute approximate surface area is 106 Å². The zero-order valence-corrected chi connectivity index (χ0v) is 10.7. The third kappa shape index (κ3) is 6.07. The lowest BCUT2D eigenvalue weighted by atomic mass is 10.2. The van der Waals surface area contributed by atoms with Crippen molar-refractivity contribution in [1.82, 2.24) is 10.2 Å². The zero-order valence-electron chi connectivity index (χ0n) is 10.7. The standard InChI is InChI=1S/C11H20N2O5/c1-3-5-13(6-4-2)11(18)12-8(10(16)17)7-9(14)15/h8H,3-7H2,1-2H3,(H,12,18)(H,14,15)(H,16,17)/t8-/m1/s1. The molecule has 0 aliphatic rings. The van der Waals surface area contributed by atoms with E-state index in [9.17, 15) is 14.4 Å². The first kappa shape index (κ1) is 16.2. The maximum absolute atomic E-state index is 11.8. The second-order valence-corrected chi connectivity index (χ2v) is 3.93. The van der Waals surface area contributed by atoms with E-state index in [1.807, 2.05) is 13.8 Å². The van der Waals surface area contributed by atoms with Gasteiger partial charge in [0.25, 0.3) is 0 Å². The number of amides is 2. The van der Waals surface area contributed by atoms with Crippen molar-refractivity contribution in [2.24, 2.45) is 0 Å². The van der Waals surface area contributed by atoms with Gasteiger partial charge < -0.3 is 20.4 Å². The quantitative estimate of drug-likeness (QED) is 0.597. The molecule has 18 heavy (non-hydrogen) atoms. The van der Waals surface area contributed by atoms with E-state index in [1.54, 1.807) is 0 Å². The van der Waals surface area contributed by atoms with E-state index in [2.05, 4.69) is 5.32 Å². The van der Waals surface area contributed by atoms with Crippen molar-refractivity contribution in [2.45, 2.75) is 39.2 Å². The van der Waals surface area contributed by atoms with Gasteiger partial charge in [-0.3, -0.25) is 4.79 Å². The molecule has 0 unspecified atom stereocenters. The van der Waals surface area contributed by atoms with Gasteiger partial charge in [0.1, 0.15) is 6.04 Å². The molecule has 7 nitrogen and oxygen atoms in total. The fourth-order valence-corrected chi connectivity index (χ4v) is 1.47. The first-order chi connectivity index (χ1) is 8.42. The van der Waals surface area contributed by atoms with E-state index in [0.717, 1.165) is 12.8 Å². The number of hydrogen-bond acceptors (Lipinski definition) is 3. The van der Waals surface area contributed by atoms with Crippen molar-refractivity contribution >= 4 is 18.0 Å². The van der Waals surface area contributed by atoms with Gasteiger partial charge in [-0.2, -0.15) is 0 Å². The summed E-state index contributed by atoms with van der Waals surface area (Å²) < 4.78 is 0. The van der Waals surface area contributed by atoms with E-state index in [4.69, 9.17) is 10.2 Å². The lowest BCUT2D eigenvalue weighted by Gasteiger charge is -2.23. The molecule has 3 N–H and O–H groups in total. The number of nitrogens with zero attached hydrogens (tertiary/aromatic N) is 1. The molecule has 0 aromatic rings. The van der Waals surface area contributed by atoms with Crippen LogP contribution in [0.1, 0.15) is 33.1 Å². The predicted octanol–water partition coefficient (Wildman–Crippen LogP) is 0.746. The monoisotopic (exact) mass is 260 g/mol. The topological polar surface area (TPSA) is 107 Å². The van der Waals surface area contributed by atoms with Crippen molar-refractivity contribution < 1.29 is 24.6 Å². The minimum atomic E-state index is -1.40. The third-order valence-electron chi connectivity index (χ3n) is 2.25. The molecular weight excluding hydrogens is 240 g/mol. The Hall–Kier alpha value is -1.79. The number of urea groups is 1. The number of aliphatic carboxylic acids is 2. The van der Waals surface area contributed by atoms with Crippen molar-refractivity contribution in [3.05, 3.63) is 0 Å². The van der Waals surface area contributed by atoms with Crippen molar-refractivity contribution in [3.8, 4) is 0 Å². The van der Waals surface area contributed by atoms with Gasteiger partial charge >= 0.3 is 18.0 Å². The van der Waals surface area contributed by atoms with Crippen LogP contribution in [0, 0.1) is 0 Å². The van der Waals surface area contributed by atoms with E-state index in [0.29, 0.717) is 13.1 Å². The summed E-state index contributed by atoms with van der Waals surface area (Å²) in [5.41, 5.74) is 0. The third-order valence-corrected chi connectivity index (χ3v) is 2.25. The Kier molecular flexibility index (Phi) is 7.50. The van der Waals surface area contributed by atoms with E-state index in [-0.39, 0.29) is 0 Å². The van der Waals surface area contributed by atoms with Crippen LogP contribution in [0.4, 0.5) is 4.79 Å². The van der Waals surface area contributed by atoms with Crippen LogP contribution in [-0.2, 0) is 9.59 Å². The number of carboxylic acid groups (broad SMARTS) is 2. The molecule has 0 spiro atoms. The van der Waals surface area contributed by atoms with E-state index in [1.165, 1.54) is 4.90 Å². The van der Waals surface area contributed by atoms with Crippen LogP contribution < -0.4 is 5.32 Å². The first-order valence-electron chi connectivity index (χ1n) is 5.92. The Morgan fingerprint density at radius 3 is 1.94 bits per heavy atom. The van der Waals surface area contributed by atoms with Crippen LogP contribution in [0.25, 0.3) is 0 Å². The number of carboxylic acids is 2. The highest BCUT2D eigenvalue weighted by Crippen LogP contribution is 1.99. The molecular formula is C11H20N2O5. The second kappa shape index (κ2) is 8.32. The number of rotatable bonds is 8. The molecule has 0 heterocycles. The Balaban J connectivity index is 4.54. The molecule has 2 amide bonds. The number of carbonyl (C=O) groups is 3. The average molecular weight is 260 g/mol. The van der Waals surface area contributed by atoms with Gasteiger partial charge in [-0.05, 0) is 12.8 Å². The fraction of sp³-hybridized carbons (Fsp3) is 0.727. The van der Waals surface area contributed by atoms with Gasteiger partial charge in [0.15, 0.2) is 0 Å². The van der Waals surface area contributed by atoms with E-state index >= 15 is 0 Å². The lowest BCUT2D eigenvalue weighted by molar-refractivity contribution is -0.145. The van der Waals surface area contributed by atoms with Gasteiger partial charge in [-0.1, -0.05) is 13.8 Å². The Morgan fingerprint density at radius 1 is 1.11 bits per heavy atom. The molecule has 0 saturated heterocycles. The molecule has 0 aliphatic heterocycles. The maximum Gasteiger partial charge on any atom is 0.326 e. The number of hydrogen-bond donors (Lipinski definition) is 3. The highest BCUT2D eigenvalue weighted by molar-refractivity contribution is 5.86. The van der Waals surface area contributed by atoms with Crippen molar-refractivity contribution in [3.63, 3.8) is 0 Å². The molecule has 7 heteroatoms. The fourth-order valence-electron chi connectivity index (χ4n) is 1.47. The van der Waals surface area contributed by atoms with Crippen molar-refractivity contribution in [1.29, 1.82) is 0 Å². The average Bonchev–Trinajstić information content (AvgIpc) is 2.27. The molecule has 0 aromatic heterocycles. The Bertz CT molecular complexity index is 300. The number of carbonyl (C=O) groups excluding carboxylic acids is 1. The van der Waals surface area contributed by atoms with Crippen LogP contribution >= 0.6 is 0 Å². The van der Waals surface area contributed by atoms with Crippen LogP contribution in [0.15, 0.2) is 0 Å². The second-order valence-electron chi connectivity index (χ2n) is 3.93. The molecule has 104 valence electrons. The van der Waals surface area contributed by atoms with Gasteiger partial charge in [0.2, 0.25) is 0 Å². The molecule has 0 aliphatic carbocycles. The summed E-state index contributed by atoms with van der Waals surface area (Å²) >= 11 is 0. The summed E-state index contributed by atoms with van der Waals surface area (Å²) in [6.07, 6.45) is 0.876. The zero-order chi connectivity index (χ0) is 14.1. The molecule has 0 aromatic carbocycles. The molecule has 0 rings (SSSR count). The van der Waals surface area contributed by atoms with Crippen LogP contribution in [0.5, 0.6) is 0 Å². The molecule has 0 saturated carbocycles. The minimum Gasteiger partial charge on any atom is -0.481 e. The summed E-state index contributed by atoms with van der Waals surface area (Å²) in [6, 6.07) is -1.93. The Morgan fingerprint density at radius 2 is 1.61 bits per heavy atom. The summed E-state index contributed by atoms with van der Waals surface area (Å²) in [6.45, 7) is 4.84. The van der Waals surface area contributed by atoms with Gasteiger partial charge in [0.05, 0.1) is 6.42 Å². The predicted molar refractivity (Wildman–Crippen MR) is 64.4 cm³/mol. The molecule has 0 fully saturated rings. The molecule has 0 radical (unpaired) electrons. The lowest BCUT2D eigenvalue weighted by Crippen LogP contribution is -2.49. The SMILES string of the molecule is CCCN(CCC)C(=O)N[C@H](CC(=O)O)C(=O)O. The first-order valence-corrected chi connectivity index (χ1v) is 5.92. The molecule has 0 bridgehead atoms. The minimum absolute atomic E-state index is 0.513. The summed E-state index contributed by atoms with van der Waals surface area (Å²) in [5, 5.41) is 19.6. The van der Waals surface area contributed by atoms with Crippen LogP contribution in [-0.4, -0.2) is 52.2 Å². The maximum atomic E-state index is 11.8. The summed E-state index contributed by atoms with van der Waals surface area (Å²) in [4.78, 5) is 34.6. The largest absolute Gasteiger partial charge is 0.481 e. The smallest absolute Gasteiger partial charge is 0.326 e. The van der Waals surface area contributed by atoms with E-state index < -0.39 is 30.4 Å². The van der Waals surface area contributed by atoms with Gasteiger partial charge in [-0.15, -0.1) is 0 Å². The van der Waals surface area contributed by atoms with Crippen molar-refractivity contribution in [2.75, 3.05) is 13.1 Å².